The molecule has 2 aliphatic heterocycles. The Labute approximate surface area is 314 Å². The molecule has 0 bridgehead atoms. The third-order valence-corrected chi connectivity index (χ3v) is 9.09. The van der Waals surface area contributed by atoms with E-state index in [0.717, 1.165) is 31.3 Å². The molecule has 2 saturated heterocycles. The molecule has 1 N–H and O–H groups in total. The van der Waals surface area contributed by atoms with E-state index in [0.29, 0.717) is 18.8 Å². The number of aliphatic hydroxyl groups excluding tert-OH is 1. The van der Waals surface area contributed by atoms with Crippen molar-refractivity contribution < 1.29 is 33.5 Å². The molecule has 2 heterocycles. The van der Waals surface area contributed by atoms with Gasteiger partial charge in [0.1, 0.15) is 43.0 Å². The number of aryl methyl sites for hydroxylation is 2. The van der Waals surface area contributed by atoms with E-state index in [2.05, 4.69) is 114 Å². The molecule has 3 unspecified atom stereocenters. The minimum atomic E-state index is -0.608. The first-order chi connectivity index (χ1) is 23.9. The Hall–Kier alpha value is -3.72. The summed E-state index contributed by atoms with van der Waals surface area (Å²) in [5.41, 5.74) is 7.62. The number of methoxy groups -OCH3 is 2. The van der Waals surface area contributed by atoms with E-state index < -0.39 is 6.10 Å². The highest BCUT2D eigenvalue weighted by molar-refractivity contribution is 5.42. The molecule has 0 saturated carbocycles. The molecule has 2 fully saturated rings. The van der Waals surface area contributed by atoms with E-state index >= 15 is 0 Å². The van der Waals surface area contributed by atoms with Gasteiger partial charge in [0.15, 0.2) is 0 Å². The first-order valence-electron chi connectivity index (χ1n) is 17.4. The summed E-state index contributed by atoms with van der Waals surface area (Å²) in [4.78, 5) is 0. The van der Waals surface area contributed by atoms with Crippen molar-refractivity contribution in [3.63, 3.8) is 0 Å². The summed E-state index contributed by atoms with van der Waals surface area (Å²) in [5.74, 6) is 1.66. The van der Waals surface area contributed by atoms with Crippen molar-refractivity contribution in [2.45, 2.75) is 85.5 Å². The summed E-state index contributed by atoms with van der Waals surface area (Å²) in [6.45, 7) is 16.8. The van der Waals surface area contributed by atoms with Crippen molar-refractivity contribution in [3.8, 4) is 11.5 Å². The lowest BCUT2D eigenvalue weighted by Crippen LogP contribution is -2.22. The SMILES string of the molecule is C.C.COCC(O)COc1ccc(C(C)(C)c2ccc(C)cc2)cc1.COCC1CO1.Cc1ccc(C(C)(C)c2ccc(OCC3CO3)cc2)cc1. The van der Waals surface area contributed by atoms with Gasteiger partial charge < -0.3 is 33.5 Å². The Morgan fingerprint density at radius 1 is 0.558 bits per heavy atom. The molecule has 0 amide bonds. The van der Waals surface area contributed by atoms with Crippen LogP contribution in [0.5, 0.6) is 11.5 Å². The Morgan fingerprint density at radius 3 is 1.23 bits per heavy atom. The lowest BCUT2D eigenvalue weighted by Gasteiger charge is -2.26. The second-order valence-corrected chi connectivity index (χ2v) is 14.1. The van der Waals surface area contributed by atoms with Crippen LogP contribution in [0.2, 0.25) is 0 Å². The highest BCUT2D eigenvalue weighted by Gasteiger charge is 2.25. The van der Waals surface area contributed by atoms with Crippen LogP contribution >= 0.6 is 0 Å². The molecule has 4 aromatic rings. The van der Waals surface area contributed by atoms with Crippen LogP contribution in [0.1, 0.15) is 75.9 Å². The summed E-state index contributed by atoms with van der Waals surface area (Å²) in [5, 5.41) is 9.62. The minimum absolute atomic E-state index is 0. The normalized spacial score (nSPS) is 16.3. The maximum absolute atomic E-state index is 9.62. The number of ether oxygens (including phenoxy) is 6. The molecule has 6 rings (SSSR count). The van der Waals surface area contributed by atoms with Gasteiger partial charge in [-0.1, -0.05) is 126 Å². The van der Waals surface area contributed by atoms with Crippen LogP contribution in [-0.2, 0) is 29.8 Å². The van der Waals surface area contributed by atoms with E-state index in [1.807, 2.05) is 24.3 Å². The van der Waals surface area contributed by atoms with E-state index in [4.69, 9.17) is 28.4 Å². The van der Waals surface area contributed by atoms with Crippen LogP contribution in [0.25, 0.3) is 0 Å². The molecule has 7 heteroatoms. The molecule has 7 nitrogen and oxygen atoms in total. The summed E-state index contributed by atoms with van der Waals surface area (Å²) in [6, 6.07) is 33.9. The predicted molar refractivity (Wildman–Crippen MR) is 213 cm³/mol. The van der Waals surface area contributed by atoms with E-state index in [-0.39, 0.29) is 38.9 Å². The lowest BCUT2D eigenvalue weighted by atomic mass is 9.78. The third-order valence-electron chi connectivity index (χ3n) is 9.09. The number of epoxide rings is 2. The Kier molecular flexibility index (Phi) is 18.0. The van der Waals surface area contributed by atoms with E-state index in [1.165, 1.54) is 33.4 Å². The maximum Gasteiger partial charge on any atom is 0.119 e. The summed E-state index contributed by atoms with van der Waals surface area (Å²) in [7, 11) is 3.24. The smallest absolute Gasteiger partial charge is 0.119 e. The molecule has 2 aliphatic rings. The fraction of sp³-hybridized carbons (Fsp3) is 0.467. The first-order valence-corrected chi connectivity index (χ1v) is 17.4. The van der Waals surface area contributed by atoms with Crippen molar-refractivity contribution in [1.29, 1.82) is 0 Å². The summed E-state index contributed by atoms with van der Waals surface area (Å²) in [6.07, 6.45) is 0.118. The number of rotatable bonds is 14. The number of aliphatic hydroxyl groups is 1. The fourth-order valence-electron chi connectivity index (χ4n) is 5.35. The standard InChI is InChI=1S/C20H26O3.C19H22O2.C4H8O2.2CH4/c1-15-5-7-16(8-6-15)20(2,3)17-9-11-19(12-10-17)23-14-18(21)13-22-4;1-14-4-6-15(7-5-14)19(2,3)16-8-10-17(11-9-16)20-12-18-13-21-18;1-5-2-4-3-6-4;;/h5-12,18,21H,13-14H2,1-4H3;4-11,18H,12-13H2,1-3H3;4H,2-3H2,1H3;2*1H4. The molecule has 286 valence electrons. The molecule has 3 atom stereocenters. The molecule has 4 aromatic carbocycles. The third kappa shape index (κ3) is 14.0. The van der Waals surface area contributed by atoms with Crippen LogP contribution in [0, 0.1) is 13.8 Å². The first kappa shape index (κ1) is 44.4. The number of hydrogen-bond donors (Lipinski definition) is 1. The largest absolute Gasteiger partial charge is 0.491 e. The highest BCUT2D eigenvalue weighted by atomic mass is 16.6. The lowest BCUT2D eigenvalue weighted by molar-refractivity contribution is 0.0325. The zero-order valence-electron chi connectivity index (χ0n) is 31.1. The maximum atomic E-state index is 9.62. The predicted octanol–water partition coefficient (Wildman–Crippen LogP) is 9.11. The van der Waals surface area contributed by atoms with Crippen molar-refractivity contribution in [2.75, 3.05) is 53.9 Å². The average Bonchev–Trinajstić information content (AvgIpc) is 4.05. The topological polar surface area (TPSA) is 82.2 Å². The van der Waals surface area contributed by atoms with Crippen molar-refractivity contribution in [1.82, 2.24) is 0 Å². The molecule has 0 radical (unpaired) electrons. The van der Waals surface area contributed by atoms with Crippen LogP contribution in [0.4, 0.5) is 0 Å². The molecule has 0 aliphatic carbocycles. The fourth-order valence-corrected chi connectivity index (χ4v) is 5.35. The van der Waals surface area contributed by atoms with E-state index in [9.17, 15) is 5.11 Å². The van der Waals surface area contributed by atoms with Gasteiger partial charge in [-0.3, -0.25) is 0 Å². The van der Waals surface area contributed by atoms with Crippen molar-refractivity contribution in [2.24, 2.45) is 0 Å². The van der Waals surface area contributed by atoms with Crippen LogP contribution in [0.15, 0.2) is 97.1 Å². The molecule has 0 aromatic heterocycles. The minimum Gasteiger partial charge on any atom is -0.491 e. The van der Waals surface area contributed by atoms with Gasteiger partial charge in [0, 0.05) is 25.0 Å². The van der Waals surface area contributed by atoms with Gasteiger partial charge in [0.2, 0.25) is 0 Å². The summed E-state index contributed by atoms with van der Waals surface area (Å²) < 4.78 is 30.9. The van der Waals surface area contributed by atoms with Gasteiger partial charge in [0.05, 0.1) is 26.4 Å². The van der Waals surface area contributed by atoms with Crippen LogP contribution < -0.4 is 9.47 Å². The zero-order chi connectivity index (χ0) is 36.1. The molecular weight excluding hydrogens is 652 g/mol. The Morgan fingerprint density at radius 2 is 0.904 bits per heavy atom. The zero-order valence-corrected chi connectivity index (χ0v) is 31.1. The van der Waals surface area contributed by atoms with Crippen LogP contribution in [0.3, 0.4) is 0 Å². The monoisotopic (exact) mass is 716 g/mol. The Bertz CT molecular complexity index is 1540. The number of benzene rings is 4. The van der Waals surface area contributed by atoms with E-state index in [1.54, 1.807) is 14.2 Å². The van der Waals surface area contributed by atoms with Gasteiger partial charge in [-0.25, -0.2) is 0 Å². The average molecular weight is 717 g/mol. The second kappa shape index (κ2) is 21.1. The van der Waals surface area contributed by atoms with Gasteiger partial charge in [-0.15, -0.1) is 0 Å². The van der Waals surface area contributed by atoms with Gasteiger partial charge >= 0.3 is 0 Å². The van der Waals surface area contributed by atoms with Crippen molar-refractivity contribution in [3.05, 3.63) is 130 Å². The molecular formula is C45H64O7. The molecule has 52 heavy (non-hydrogen) atoms. The highest BCUT2D eigenvalue weighted by Crippen LogP contribution is 2.34. The number of hydrogen-bond acceptors (Lipinski definition) is 7. The van der Waals surface area contributed by atoms with Gasteiger partial charge in [0.25, 0.3) is 0 Å². The van der Waals surface area contributed by atoms with Gasteiger partial charge in [-0.05, 0) is 60.4 Å². The second-order valence-electron chi connectivity index (χ2n) is 14.1. The van der Waals surface area contributed by atoms with Crippen molar-refractivity contribution >= 4 is 0 Å². The molecule has 0 spiro atoms. The quantitative estimate of drug-likeness (QED) is 0.130. The Balaban J connectivity index is 0.000000300. The summed E-state index contributed by atoms with van der Waals surface area (Å²) >= 11 is 0. The van der Waals surface area contributed by atoms with Crippen LogP contribution in [-0.4, -0.2) is 77.3 Å². The van der Waals surface area contributed by atoms with Gasteiger partial charge in [-0.2, -0.15) is 0 Å².